The molecule has 3 heterocycles. The smallest absolute Gasteiger partial charge is 0.310 e. The number of halogens is 1. The van der Waals surface area contributed by atoms with Crippen LogP contribution < -0.4 is 0 Å². The highest BCUT2D eigenvalue weighted by atomic mass is 35.5. The lowest BCUT2D eigenvalue weighted by Gasteiger charge is -2.31. The number of ether oxygens (including phenoxy) is 1. The van der Waals surface area contributed by atoms with Crippen LogP contribution in [0.1, 0.15) is 31.9 Å². The average molecular weight is 516 g/mol. The third kappa shape index (κ3) is 5.39. The van der Waals surface area contributed by atoms with Crippen LogP contribution in [0.25, 0.3) is 28.0 Å². The fraction of sp³-hybridized carbons (Fsp3) is 0.300. The SMILES string of the molecule is CCOC(=O)[C@H]1CCCN(C(=O)CCc2c(-c3ccccc3)nc3ccc(-c4ccccc4Cl)cn23)C1. The lowest BCUT2D eigenvalue weighted by atomic mass is 9.97. The van der Waals surface area contributed by atoms with Crippen molar-refractivity contribution in [2.24, 2.45) is 5.92 Å². The number of imidazole rings is 1. The standard InChI is InChI=1S/C30H30ClN3O3/c1-2-37-30(36)23-11-8-18-33(19-23)28(35)17-15-26-29(21-9-4-3-5-10-21)32-27-16-14-22(20-34(26)27)24-12-6-7-13-25(24)31/h3-7,9-10,12-14,16,20,23H,2,8,11,15,17-19H2,1H3/t23-/m0/s1. The van der Waals surface area contributed by atoms with Crippen molar-refractivity contribution in [3.63, 3.8) is 0 Å². The maximum Gasteiger partial charge on any atom is 0.310 e. The van der Waals surface area contributed by atoms with Crippen molar-refractivity contribution in [2.45, 2.75) is 32.6 Å². The van der Waals surface area contributed by atoms with E-state index in [0.29, 0.717) is 37.6 Å². The number of carbonyl (C=O) groups is 2. The second-order valence-corrected chi connectivity index (χ2v) is 9.74. The second kappa shape index (κ2) is 11.2. The van der Waals surface area contributed by atoms with Gasteiger partial charge in [-0.3, -0.25) is 9.59 Å². The van der Waals surface area contributed by atoms with Crippen LogP contribution in [0.2, 0.25) is 5.02 Å². The summed E-state index contributed by atoms with van der Waals surface area (Å²) < 4.78 is 7.27. The molecule has 1 fully saturated rings. The Labute approximate surface area is 221 Å². The maximum absolute atomic E-state index is 13.3. The molecule has 0 bridgehead atoms. The zero-order valence-corrected chi connectivity index (χ0v) is 21.7. The number of benzene rings is 2. The summed E-state index contributed by atoms with van der Waals surface area (Å²) in [6, 6.07) is 21.8. The summed E-state index contributed by atoms with van der Waals surface area (Å²) in [4.78, 5) is 32.3. The largest absolute Gasteiger partial charge is 0.466 e. The van der Waals surface area contributed by atoms with Gasteiger partial charge in [0.25, 0.3) is 0 Å². The van der Waals surface area contributed by atoms with Gasteiger partial charge in [0.15, 0.2) is 0 Å². The molecule has 0 N–H and O–H groups in total. The van der Waals surface area contributed by atoms with E-state index in [4.69, 9.17) is 21.3 Å². The number of amides is 1. The Balaban J connectivity index is 1.44. The van der Waals surface area contributed by atoms with E-state index in [2.05, 4.69) is 4.40 Å². The number of carbonyl (C=O) groups excluding carboxylic acids is 2. The fourth-order valence-corrected chi connectivity index (χ4v) is 5.30. The van der Waals surface area contributed by atoms with Gasteiger partial charge >= 0.3 is 5.97 Å². The highest BCUT2D eigenvalue weighted by Crippen LogP contribution is 2.31. The van der Waals surface area contributed by atoms with E-state index in [1.807, 2.05) is 77.8 Å². The van der Waals surface area contributed by atoms with Gasteiger partial charge in [0.1, 0.15) is 5.65 Å². The number of hydrogen-bond acceptors (Lipinski definition) is 4. The lowest BCUT2D eigenvalue weighted by molar-refractivity contribution is -0.151. The maximum atomic E-state index is 13.3. The van der Waals surface area contributed by atoms with Crippen LogP contribution in [0.15, 0.2) is 72.9 Å². The molecular weight excluding hydrogens is 486 g/mol. The van der Waals surface area contributed by atoms with Crippen LogP contribution in [0.4, 0.5) is 0 Å². The minimum absolute atomic E-state index is 0.0465. The van der Waals surface area contributed by atoms with Crippen molar-refractivity contribution in [2.75, 3.05) is 19.7 Å². The van der Waals surface area contributed by atoms with Crippen molar-refractivity contribution in [3.8, 4) is 22.4 Å². The van der Waals surface area contributed by atoms with Crippen LogP contribution in [-0.2, 0) is 20.7 Å². The number of nitrogens with zero attached hydrogens (tertiary/aromatic N) is 3. The van der Waals surface area contributed by atoms with Crippen molar-refractivity contribution in [1.82, 2.24) is 14.3 Å². The van der Waals surface area contributed by atoms with Crippen molar-refractivity contribution in [1.29, 1.82) is 0 Å². The Morgan fingerprint density at radius 3 is 2.59 bits per heavy atom. The number of piperidine rings is 1. The van der Waals surface area contributed by atoms with E-state index in [1.165, 1.54) is 0 Å². The van der Waals surface area contributed by atoms with Crippen molar-refractivity contribution >= 4 is 29.1 Å². The molecule has 1 amide bonds. The van der Waals surface area contributed by atoms with Gasteiger partial charge in [0.2, 0.25) is 5.91 Å². The van der Waals surface area contributed by atoms with Crippen molar-refractivity contribution < 1.29 is 14.3 Å². The summed E-state index contributed by atoms with van der Waals surface area (Å²) in [7, 11) is 0. The number of rotatable bonds is 7. The summed E-state index contributed by atoms with van der Waals surface area (Å²) in [5.41, 5.74) is 5.60. The predicted octanol–water partition coefficient (Wildman–Crippen LogP) is 6.06. The Morgan fingerprint density at radius 2 is 1.81 bits per heavy atom. The van der Waals surface area contributed by atoms with E-state index in [-0.39, 0.29) is 17.8 Å². The first-order valence-electron chi connectivity index (χ1n) is 12.8. The van der Waals surface area contributed by atoms with Gasteiger partial charge in [-0.1, -0.05) is 60.1 Å². The average Bonchev–Trinajstić information content (AvgIpc) is 3.30. The molecule has 2 aromatic heterocycles. The normalized spacial score (nSPS) is 15.6. The minimum Gasteiger partial charge on any atom is -0.466 e. The molecule has 7 heteroatoms. The van der Waals surface area contributed by atoms with Gasteiger partial charge in [-0.2, -0.15) is 0 Å². The molecule has 1 aliphatic heterocycles. The molecule has 1 aliphatic rings. The lowest BCUT2D eigenvalue weighted by Crippen LogP contribution is -2.42. The number of esters is 1. The number of pyridine rings is 1. The summed E-state index contributed by atoms with van der Waals surface area (Å²) in [5.74, 6) is -0.406. The molecule has 0 spiro atoms. The third-order valence-electron chi connectivity index (χ3n) is 6.92. The first-order valence-corrected chi connectivity index (χ1v) is 13.2. The summed E-state index contributed by atoms with van der Waals surface area (Å²) in [5, 5.41) is 0.684. The van der Waals surface area contributed by atoms with Crippen LogP contribution in [0.5, 0.6) is 0 Å². The molecule has 1 atom stereocenters. The Hall–Kier alpha value is -3.64. The quantitative estimate of drug-likeness (QED) is 0.281. The molecule has 0 radical (unpaired) electrons. The molecule has 6 nitrogen and oxygen atoms in total. The molecular formula is C30H30ClN3O3. The van der Waals surface area contributed by atoms with Gasteiger partial charge in [0, 0.05) is 41.9 Å². The topological polar surface area (TPSA) is 63.9 Å². The first kappa shape index (κ1) is 25.0. The third-order valence-corrected chi connectivity index (χ3v) is 7.25. The van der Waals surface area contributed by atoms with E-state index in [0.717, 1.165) is 46.6 Å². The Morgan fingerprint density at radius 1 is 1.03 bits per heavy atom. The number of likely N-dealkylation sites (tertiary alicyclic amines) is 1. The van der Waals surface area contributed by atoms with Crippen LogP contribution in [0, 0.1) is 5.92 Å². The summed E-state index contributed by atoms with van der Waals surface area (Å²) in [6.07, 6.45) is 4.48. The molecule has 0 saturated carbocycles. The first-order chi connectivity index (χ1) is 18.0. The molecule has 190 valence electrons. The van der Waals surface area contributed by atoms with Crippen LogP contribution in [0.3, 0.4) is 0 Å². The molecule has 4 aromatic rings. The highest BCUT2D eigenvalue weighted by Gasteiger charge is 2.29. The number of aromatic nitrogens is 2. The zero-order valence-electron chi connectivity index (χ0n) is 20.9. The Kier molecular flexibility index (Phi) is 7.56. The monoisotopic (exact) mass is 515 g/mol. The predicted molar refractivity (Wildman–Crippen MR) is 145 cm³/mol. The molecule has 0 aliphatic carbocycles. The van der Waals surface area contributed by atoms with E-state index >= 15 is 0 Å². The Bertz CT molecular complexity index is 1420. The van der Waals surface area contributed by atoms with Crippen molar-refractivity contribution in [3.05, 3.63) is 83.6 Å². The zero-order chi connectivity index (χ0) is 25.8. The molecule has 1 saturated heterocycles. The molecule has 5 rings (SSSR count). The van der Waals surface area contributed by atoms with E-state index < -0.39 is 0 Å². The van der Waals surface area contributed by atoms with Gasteiger partial charge in [-0.25, -0.2) is 4.98 Å². The minimum atomic E-state index is -0.244. The van der Waals surface area contributed by atoms with Gasteiger partial charge in [0.05, 0.1) is 23.9 Å². The number of aryl methyl sites for hydroxylation is 1. The number of hydrogen-bond donors (Lipinski definition) is 0. The fourth-order valence-electron chi connectivity index (χ4n) is 5.05. The van der Waals surface area contributed by atoms with Crippen LogP contribution in [-0.4, -0.2) is 45.9 Å². The van der Waals surface area contributed by atoms with Gasteiger partial charge in [-0.05, 0) is 49.9 Å². The highest BCUT2D eigenvalue weighted by molar-refractivity contribution is 6.33. The van der Waals surface area contributed by atoms with Gasteiger partial charge in [-0.15, -0.1) is 0 Å². The van der Waals surface area contributed by atoms with E-state index in [1.54, 1.807) is 6.92 Å². The van der Waals surface area contributed by atoms with Crippen LogP contribution >= 0.6 is 11.6 Å². The molecule has 2 aromatic carbocycles. The second-order valence-electron chi connectivity index (χ2n) is 9.33. The summed E-state index contributed by atoms with van der Waals surface area (Å²) >= 11 is 6.49. The molecule has 0 unspecified atom stereocenters. The number of fused-ring (bicyclic) bond motifs is 1. The molecule has 37 heavy (non-hydrogen) atoms. The summed E-state index contributed by atoms with van der Waals surface area (Å²) in [6.45, 7) is 3.26. The van der Waals surface area contributed by atoms with E-state index in [9.17, 15) is 9.59 Å². The van der Waals surface area contributed by atoms with Gasteiger partial charge < -0.3 is 14.0 Å².